The third-order valence-electron chi connectivity index (χ3n) is 2.86. The first-order valence-electron chi connectivity index (χ1n) is 6.70. The standard InChI is InChI=1S/C15H21FN4/c1-11(2)6-7-19-15(18-3)20-10-13-8-12(9-17)4-5-14(13)16/h4-5,8,11H,6-7,10H2,1-3H3,(H2,18,19,20). The number of guanidine groups is 1. The van der Waals surface area contributed by atoms with Gasteiger partial charge in [-0.2, -0.15) is 5.26 Å². The molecule has 1 aromatic carbocycles. The molecule has 1 aromatic rings. The van der Waals surface area contributed by atoms with Gasteiger partial charge in [-0.15, -0.1) is 0 Å². The van der Waals surface area contributed by atoms with E-state index in [0.717, 1.165) is 13.0 Å². The van der Waals surface area contributed by atoms with Crippen LogP contribution in [0.3, 0.4) is 0 Å². The Morgan fingerprint density at radius 2 is 2.15 bits per heavy atom. The second-order valence-electron chi connectivity index (χ2n) is 4.95. The number of nitrogens with zero attached hydrogens (tertiary/aromatic N) is 2. The molecule has 0 unspecified atom stereocenters. The van der Waals surface area contributed by atoms with Crippen LogP contribution in [0.2, 0.25) is 0 Å². The largest absolute Gasteiger partial charge is 0.356 e. The molecule has 0 fully saturated rings. The van der Waals surface area contributed by atoms with Gasteiger partial charge in [0.25, 0.3) is 0 Å². The summed E-state index contributed by atoms with van der Waals surface area (Å²) in [5.41, 5.74) is 0.904. The fourth-order valence-corrected chi connectivity index (χ4v) is 1.66. The first-order valence-corrected chi connectivity index (χ1v) is 6.70. The quantitative estimate of drug-likeness (QED) is 0.641. The topological polar surface area (TPSA) is 60.2 Å². The van der Waals surface area contributed by atoms with Gasteiger partial charge in [0.2, 0.25) is 0 Å². The van der Waals surface area contributed by atoms with Crippen LogP contribution in [0, 0.1) is 23.1 Å². The zero-order valence-electron chi connectivity index (χ0n) is 12.2. The third-order valence-corrected chi connectivity index (χ3v) is 2.86. The molecule has 0 bridgehead atoms. The van der Waals surface area contributed by atoms with Crippen molar-refractivity contribution in [2.24, 2.45) is 10.9 Å². The average molecular weight is 276 g/mol. The maximum Gasteiger partial charge on any atom is 0.191 e. The minimum atomic E-state index is -0.325. The molecule has 0 aliphatic rings. The van der Waals surface area contributed by atoms with E-state index < -0.39 is 0 Å². The van der Waals surface area contributed by atoms with E-state index in [-0.39, 0.29) is 5.82 Å². The molecule has 0 aromatic heterocycles. The number of rotatable bonds is 5. The minimum absolute atomic E-state index is 0.294. The van der Waals surface area contributed by atoms with Gasteiger partial charge in [-0.3, -0.25) is 4.99 Å². The number of hydrogen-bond acceptors (Lipinski definition) is 2. The van der Waals surface area contributed by atoms with Gasteiger partial charge in [-0.25, -0.2) is 4.39 Å². The Labute approximate surface area is 119 Å². The summed E-state index contributed by atoms with van der Waals surface area (Å²) in [5.74, 6) is 0.923. The zero-order chi connectivity index (χ0) is 15.0. The second-order valence-corrected chi connectivity index (χ2v) is 4.95. The number of hydrogen-bond donors (Lipinski definition) is 2. The maximum absolute atomic E-state index is 13.6. The van der Waals surface area contributed by atoms with Crippen molar-refractivity contribution in [3.05, 3.63) is 35.1 Å². The SMILES string of the molecule is CN=C(NCCC(C)C)NCc1cc(C#N)ccc1F. The molecule has 0 radical (unpaired) electrons. The van der Waals surface area contributed by atoms with Gasteiger partial charge < -0.3 is 10.6 Å². The van der Waals surface area contributed by atoms with Gasteiger partial charge in [0, 0.05) is 25.7 Å². The molecule has 0 heterocycles. The number of nitriles is 1. The Bertz CT molecular complexity index is 503. The number of nitrogens with one attached hydrogen (secondary N) is 2. The highest BCUT2D eigenvalue weighted by Crippen LogP contribution is 2.09. The van der Waals surface area contributed by atoms with Gasteiger partial charge in [0.1, 0.15) is 5.82 Å². The Morgan fingerprint density at radius 1 is 1.40 bits per heavy atom. The summed E-state index contributed by atoms with van der Waals surface area (Å²) < 4.78 is 13.6. The summed E-state index contributed by atoms with van der Waals surface area (Å²) in [6.45, 7) is 5.42. The Balaban J connectivity index is 2.55. The van der Waals surface area contributed by atoms with Crippen LogP contribution in [0.5, 0.6) is 0 Å². The molecule has 20 heavy (non-hydrogen) atoms. The summed E-state index contributed by atoms with van der Waals surface area (Å²) in [6.07, 6.45) is 1.04. The molecule has 5 heteroatoms. The molecule has 108 valence electrons. The molecule has 0 spiro atoms. The monoisotopic (exact) mass is 276 g/mol. The van der Waals surface area contributed by atoms with Gasteiger partial charge in [-0.05, 0) is 30.5 Å². The van der Waals surface area contributed by atoms with E-state index in [9.17, 15) is 4.39 Å². The van der Waals surface area contributed by atoms with Crippen molar-refractivity contribution in [1.29, 1.82) is 5.26 Å². The van der Waals surface area contributed by atoms with Crippen molar-refractivity contribution >= 4 is 5.96 Å². The highest BCUT2D eigenvalue weighted by molar-refractivity contribution is 5.79. The molecule has 0 saturated carbocycles. The van der Waals surface area contributed by atoms with Crippen molar-refractivity contribution in [2.45, 2.75) is 26.8 Å². The fourth-order valence-electron chi connectivity index (χ4n) is 1.66. The van der Waals surface area contributed by atoms with Crippen molar-refractivity contribution in [2.75, 3.05) is 13.6 Å². The molecule has 0 atom stereocenters. The van der Waals surface area contributed by atoms with Crippen molar-refractivity contribution in [3.8, 4) is 6.07 Å². The summed E-state index contributed by atoms with van der Waals surface area (Å²) in [7, 11) is 1.67. The summed E-state index contributed by atoms with van der Waals surface area (Å²) >= 11 is 0. The van der Waals surface area contributed by atoms with Crippen LogP contribution in [0.1, 0.15) is 31.4 Å². The second kappa shape index (κ2) is 8.16. The van der Waals surface area contributed by atoms with Crippen molar-refractivity contribution in [1.82, 2.24) is 10.6 Å². The lowest BCUT2D eigenvalue weighted by atomic mass is 10.1. The summed E-state index contributed by atoms with van der Waals surface area (Å²) in [4.78, 5) is 4.08. The molecule has 2 N–H and O–H groups in total. The van der Waals surface area contributed by atoms with Gasteiger partial charge in [0.15, 0.2) is 5.96 Å². The lowest BCUT2D eigenvalue weighted by molar-refractivity contribution is 0.572. The predicted molar refractivity (Wildman–Crippen MR) is 78.8 cm³/mol. The molecule has 4 nitrogen and oxygen atoms in total. The van der Waals surface area contributed by atoms with E-state index in [1.165, 1.54) is 12.1 Å². The zero-order valence-corrected chi connectivity index (χ0v) is 12.2. The highest BCUT2D eigenvalue weighted by Gasteiger charge is 2.05. The molecule has 0 saturated heterocycles. The van der Waals surface area contributed by atoms with Crippen LogP contribution in [0.15, 0.2) is 23.2 Å². The molecular formula is C15H21FN4. The average Bonchev–Trinajstić information content (AvgIpc) is 2.43. The first kappa shape index (κ1) is 16.0. The molecule has 0 aliphatic carbocycles. The fraction of sp³-hybridized carbons (Fsp3) is 0.467. The van der Waals surface area contributed by atoms with Crippen molar-refractivity contribution in [3.63, 3.8) is 0 Å². The van der Waals surface area contributed by atoms with E-state index >= 15 is 0 Å². The first-order chi connectivity index (χ1) is 9.56. The predicted octanol–water partition coefficient (Wildman–Crippen LogP) is 2.41. The van der Waals surface area contributed by atoms with Crippen LogP contribution in [0.25, 0.3) is 0 Å². The molecule has 0 amide bonds. The summed E-state index contributed by atoms with van der Waals surface area (Å²) in [6, 6.07) is 6.32. The Morgan fingerprint density at radius 3 is 2.75 bits per heavy atom. The van der Waals surface area contributed by atoms with E-state index in [2.05, 4.69) is 29.5 Å². The number of benzene rings is 1. The Kier molecular flexibility index (Phi) is 6.51. The lowest BCUT2D eigenvalue weighted by Gasteiger charge is -2.13. The van der Waals surface area contributed by atoms with E-state index in [1.54, 1.807) is 13.1 Å². The normalized spacial score (nSPS) is 11.3. The van der Waals surface area contributed by atoms with Crippen LogP contribution < -0.4 is 10.6 Å². The van der Waals surface area contributed by atoms with Crippen LogP contribution in [-0.4, -0.2) is 19.6 Å². The molecule has 0 aliphatic heterocycles. The Hall–Kier alpha value is -2.09. The number of aliphatic imine (C=N–C) groups is 1. The number of halogens is 1. The van der Waals surface area contributed by atoms with Gasteiger partial charge in [0.05, 0.1) is 11.6 Å². The van der Waals surface area contributed by atoms with Crippen LogP contribution >= 0.6 is 0 Å². The molecular weight excluding hydrogens is 255 g/mol. The highest BCUT2D eigenvalue weighted by atomic mass is 19.1. The van der Waals surface area contributed by atoms with Crippen molar-refractivity contribution < 1.29 is 4.39 Å². The van der Waals surface area contributed by atoms with E-state index in [0.29, 0.717) is 29.5 Å². The van der Waals surface area contributed by atoms with E-state index in [4.69, 9.17) is 5.26 Å². The maximum atomic E-state index is 13.6. The smallest absolute Gasteiger partial charge is 0.191 e. The lowest BCUT2D eigenvalue weighted by Crippen LogP contribution is -2.37. The van der Waals surface area contributed by atoms with Crippen LogP contribution in [-0.2, 0) is 6.54 Å². The molecule has 1 rings (SSSR count). The summed E-state index contributed by atoms with van der Waals surface area (Å²) in [5, 5.41) is 15.0. The van der Waals surface area contributed by atoms with E-state index in [1.807, 2.05) is 6.07 Å². The van der Waals surface area contributed by atoms with Gasteiger partial charge >= 0.3 is 0 Å². The van der Waals surface area contributed by atoms with Crippen LogP contribution in [0.4, 0.5) is 4.39 Å². The van der Waals surface area contributed by atoms with Gasteiger partial charge in [-0.1, -0.05) is 13.8 Å². The third kappa shape index (κ3) is 5.27. The minimum Gasteiger partial charge on any atom is -0.356 e.